The van der Waals surface area contributed by atoms with E-state index in [4.69, 9.17) is 9.63 Å². The Bertz CT molecular complexity index is 423. The van der Waals surface area contributed by atoms with Crippen molar-refractivity contribution in [3.05, 3.63) is 24.3 Å². The van der Waals surface area contributed by atoms with Crippen molar-refractivity contribution in [2.24, 2.45) is 0 Å². The van der Waals surface area contributed by atoms with Gasteiger partial charge in [-0.25, -0.2) is 0 Å². The third kappa shape index (κ3) is 1.70. The first-order chi connectivity index (χ1) is 6.77. The van der Waals surface area contributed by atoms with Crippen LogP contribution in [-0.4, -0.2) is 22.9 Å². The molecule has 4 heteroatoms. The molecule has 2 aromatic rings. The van der Waals surface area contributed by atoms with E-state index in [0.29, 0.717) is 12.4 Å². The molecule has 0 saturated heterocycles. The van der Waals surface area contributed by atoms with Gasteiger partial charge in [0.05, 0.1) is 11.5 Å². The second-order valence-electron chi connectivity index (χ2n) is 3.26. The molecule has 0 saturated carbocycles. The maximum Gasteiger partial charge on any atom is 0.177 e. The highest BCUT2D eigenvalue weighted by Crippen LogP contribution is 2.21. The highest BCUT2D eigenvalue weighted by molar-refractivity contribution is 5.87. The summed E-state index contributed by atoms with van der Waals surface area (Å²) in [6.07, 6.45) is -0.398. The maximum absolute atomic E-state index is 9.10. The quantitative estimate of drug-likeness (QED) is 0.775. The molecule has 0 spiro atoms. The number of fused-ring (bicyclic) bond motifs is 1. The van der Waals surface area contributed by atoms with Crippen LogP contribution in [0.1, 0.15) is 6.92 Å². The molecule has 2 rings (SSSR count). The van der Waals surface area contributed by atoms with Gasteiger partial charge in [-0.05, 0) is 19.1 Å². The first kappa shape index (κ1) is 9.02. The lowest BCUT2D eigenvalue weighted by Crippen LogP contribution is -2.15. The highest BCUT2D eigenvalue weighted by Gasteiger charge is 2.06. The molecule has 1 atom stereocenters. The van der Waals surface area contributed by atoms with Crippen molar-refractivity contribution in [2.45, 2.75) is 13.0 Å². The minimum absolute atomic E-state index is 0.398. The maximum atomic E-state index is 9.10. The number of hydrogen-bond donors (Lipinski definition) is 2. The van der Waals surface area contributed by atoms with E-state index >= 15 is 0 Å². The number of para-hydroxylation sites is 1. The fourth-order valence-electron chi connectivity index (χ4n) is 1.26. The molecule has 0 bridgehead atoms. The predicted molar refractivity (Wildman–Crippen MR) is 54.2 cm³/mol. The van der Waals surface area contributed by atoms with E-state index in [2.05, 4.69) is 10.5 Å². The number of benzene rings is 1. The zero-order chi connectivity index (χ0) is 9.97. The smallest absolute Gasteiger partial charge is 0.177 e. The standard InChI is InChI=1S/C10H12N2O2/c1-7(13)6-11-10-8-4-2-3-5-9(8)14-12-10/h2-5,7,13H,6H2,1H3,(H,11,12)/t7-/m1/s1. The number of nitrogens with one attached hydrogen (secondary N) is 1. The fourth-order valence-corrected chi connectivity index (χ4v) is 1.26. The van der Waals surface area contributed by atoms with Crippen molar-refractivity contribution in [2.75, 3.05) is 11.9 Å². The lowest BCUT2D eigenvalue weighted by molar-refractivity contribution is 0.208. The van der Waals surface area contributed by atoms with Gasteiger partial charge in [-0.15, -0.1) is 0 Å². The summed E-state index contributed by atoms with van der Waals surface area (Å²) in [5.41, 5.74) is 0.751. The Morgan fingerprint density at radius 1 is 1.50 bits per heavy atom. The summed E-state index contributed by atoms with van der Waals surface area (Å²) in [6, 6.07) is 7.60. The van der Waals surface area contributed by atoms with Crippen LogP contribution < -0.4 is 5.32 Å². The zero-order valence-corrected chi connectivity index (χ0v) is 7.90. The van der Waals surface area contributed by atoms with Gasteiger partial charge in [-0.2, -0.15) is 0 Å². The molecule has 2 N–H and O–H groups in total. The number of aromatic nitrogens is 1. The largest absolute Gasteiger partial charge is 0.392 e. The third-order valence-corrected chi connectivity index (χ3v) is 1.94. The van der Waals surface area contributed by atoms with E-state index in [0.717, 1.165) is 11.0 Å². The molecular weight excluding hydrogens is 180 g/mol. The van der Waals surface area contributed by atoms with Crippen LogP contribution in [0.15, 0.2) is 28.8 Å². The van der Waals surface area contributed by atoms with Gasteiger partial charge in [0.25, 0.3) is 0 Å². The van der Waals surface area contributed by atoms with Gasteiger partial charge in [0.1, 0.15) is 0 Å². The average molecular weight is 192 g/mol. The molecular formula is C10H12N2O2. The summed E-state index contributed by atoms with van der Waals surface area (Å²) >= 11 is 0. The van der Waals surface area contributed by atoms with Crippen molar-refractivity contribution in [1.82, 2.24) is 5.16 Å². The molecule has 14 heavy (non-hydrogen) atoms. The Kier molecular flexibility index (Phi) is 2.37. The number of rotatable bonds is 3. The summed E-state index contributed by atoms with van der Waals surface area (Å²) in [7, 11) is 0. The summed E-state index contributed by atoms with van der Waals surface area (Å²) in [6.45, 7) is 2.19. The van der Waals surface area contributed by atoms with Crippen molar-refractivity contribution in [3.8, 4) is 0 Å². The molecule has 0 fully saturated rings. The van der Waals surface area contributed by atoms with Gasteiger partial charge >= 0.3 is 0 Å². The van der Waals surface area contributed by atoms with Crippen LogP contribution in [0, 0.1) is 0 Å². The summed E-state index contributed by atoms with van der Waals surface area (Å²) in [5, 5.41) is 16.9. The minimum atomic E-state index is -0.398. The van der Waals surface area contributed by atoms with Gasteiger partial charge in [0, 0.05) is 6.54 Å². The third-order valence-electron chi connectivity index (χ3n) is 1.94. The number of aliphatic hydroxyl groups excluding tert-OH is 1. The van der Waals surface area contributed by atoms with E-state index in [9.17, 15) is 0 Å². The van der Waals surface area contributed by atoms with Gasteiger partial charge in [0.2, 0.25) is 0 Å². The Balaban J connectivity index is 2.25. The lowest BCUT2D eigenvalue weighted by Gasteiger charge is -2.04. The summed E-state index contributed by atoms with van der Waals surface area (Å²) in [4.78, 5) is 0. The predicted octanol–water partition coefficient (Wildman–Crippen LogP) is 1.62. The molecule has 1 aromatic carbocycles. The molecule has 0 unspecified atom stereocenters. The number of hydrogen-bond acceptors (Lipinski definition) is 4. The molecule has 4 nitrogen and oxygen atoms in total. The van der Waals surface area contributed by atoms with Crippen molar-refractivity contribution < 1.29 is 9.63 Å². The fraction of sp³-hybridized carbons (Fsp3) is 0.300. The Morgan fingerprint density at radius 2 is 2.29 bits per heavy atom. The molecule has 1 aromatic heterocycles. The first-order valence-electron chi connectivity index (χ1n) is 4.54. The molecule has 0 radical (unpaired) electrons. The summed E-state index contributed by atoms with van der Waals surface area (Å²) < 4.78 is 5.09. The monoisotopic (exact) mass is 192 g/mol. The second-order valence-corrected chi connectivity index (χ2v) is 3.26. The average Bonchev–Trinajstić information content (AvgIpc) is 2.58. The number of nitrogens with zero attached hydrogens (tertiary/aromatic N) is 1. The van der Waals surface area contributed by atoms with Crippen LogP contribution in [0.2, 0.25) is 0 Å². The molecule has 0 aliphatic carbocycles. The van der Waals surface area contributed by atoms with Gasteiger partial charge in [0.15, 0.2) is 11.4 Å². The first-order valence-corrected chi connectivity index (χ1v) is 4.54. The van der Waals surface area contributed by atoms with E-state index in [1.807, 2.05) is 24.3 Å². The van der Waals surface area contributed by atoms with Crippen LogP contribution in [0.5, 0.6) is 0 Å². The molecule has 1 heterocycles. The van der Waals surface area contributed by atoms with Gasteiger partial charge in [-0.1, -0.05) is 17.3 Å². The van der Waals surface area contributed by atoms with Crippen molar-refractivity contribution in [1.29, 1.82) is 0 Å². The molecule has 0 aliphatic heterocycles. The minimum Gasteiger partial charge on any atom is -0.392 e. The van der Waals surface area contributed by atoms with Gasteiger partial charge in [-0.3, -0.25) is 0 Å². The number of aliphatic hydroxyl groups is 1. The van der Waals surface area contributed by atoms with Gasteiger partial charge < -0.3 is 14.9 Å². The zero-order valence-electron chi connectivity index (χ0n) is 7.90. The van der Waals surface area contributed by atoms with Crippen LogP contribution in [0.25, 0.3) is 11.0 Å². The second kappa shape index (κ2) is 3.67. The van der Waals surface area contributed by atoms with Crippen LogP contribution in [0.3, 0.4) is 0 Å². The molecule has 74 valence electrons. The highest BCUT2D eigenvalue weighted by atomic mass is 16.5. The van der Waals surface area contributed by atoms with E-state index in [1.54, 1.807) is 6.92 Å². The van der Waals surface area contributed by atoms with E-state index in [-0.39, 0.29) is 0 Å². The molecule has 0 aliphatic rings. The van der Waals surface area contributed by atoms with E-state index < -0.39 is 6.10 Å². The summed E-state index contributed by atoms with van der Waals surface area (Å²) in [5.74, 6) is 0.682. The number of anilines is 1. The SMILES string of the molecule is C[C@@H](O)CNc1noc2ccccc12. The lowest BCUT2D eigenvalue weighted by atomic mass is 10.2. The van der Waals surface area contributed by atoms with E-state index in [1.165, 1.54) is 0 Å². The Labute approximate surface area is 81.5 Å². The van der Waals surface area contributed by atoms with Crippen molar-refractivity contribution in [3.63, 3.8) is 0 Å². The van der Waals surface area contributed by atoms with Crippen molar-refractivity contribution >= 4 is 16.8 Å². The molecule has 0 amide bonds. The Hall–Kier alpha value is -1.55. The van der Waals surface area contributed by atoms with Crippen LogP contribution >= 0.6 is 0 Å². The van der Waals surface area contributed by atoms with Crippen LogP contribution in [-0.2, 0) is 0 Å². The Morgan fingerprint density at radius 3 is 3.07 bits per heavy atom. The normalized spacial score (nSPS) is 13.0. The topological polar surface area (TPSA) is 58.3 Å². The van der Waals surface area contributed by atoms with Crippen LogP contribution in [0.4, 0.5) is 5.82 Å².